The van der Waals surface area contributed by atoms with Gasteiger partial charge in [-0.2, -0.15) is 0 Å². The van der Waals surface area contributed by atoms with E-state index in [9.17, 15) is 18.0 Å². The van der Waals surface area contributed by atoms with Gasteiger partial charge in [-0.15, -0.1) is 0 Å². The van der Waals surface area contributed by atoms with Crippen LogP contribution in [0.3, 0.4) is 0 Å². The van der Waals surface area contributed by atoms with E-state index in [2.05, 4.69) is 5.32 Å². The summed E-state index contributed by atoms with van der Waals surface area (Å²) in [6.07, 6.45) is 1.07. The molecule has 2 amide bonds. The van der Waals surface area contributed by atoms with Crippen LogP contribution in [-0.2, 0) is 26.2 Å². The molecule has 0 heterocycles. The van der Waals surface area contributed by atoms with Gasteiger partial charge in [-0.1, -0.05) is 61.4 Å². The number of benzene rings is 3. The number of amides is 2. The molecular weight excluding hydrogens is 566 g/mol. The Bertz CT molecular complexity index is 1510. The molecule has 3 aromatic carbocycles. The summed E-state index contributed by atoms with van der Waals surface area (Å²) in [7, 11) is -1.36. The van der Waals surface area contributed by atoms with Crippen LogP contribution in [0.15, 0.2) is 71.6 Å². The quantitative estimate of drug-likeness (QED) is 0.268. The molecule has 9 nitrogen and oxygen atoms in total. The summed E-state index contributed by atoms with van der Waals surface area (Å²) in [6.45, 7) is 9.08. The molecule has 10 heteroatoms. The number of rotatable bonds is 14. The average Bonchev–Trinajstić information content (AvgIpc) is 2.99. The maximum atomic E-state index is 14.3. The SMILES string of the molecule is CC[C@@H](C)NC(=O)[C@H](CC)N(Cc1cccc(C)c1)C(=O)CN(c1cc(OC)ccc1OC)S(=O)(=O)c1ccc(C)cc1. The molecule has 0 radical (unpaired) electrons. The van der Waals surface area contributed by atoms with Gasteiger partial charge in [0.25, 0.3) is 10.0 Å². The van der Waals surface area contributed by atoms with E-state index in [0.717, 1.165) is 27.4 Å². The number of nitrogens with zero attached hydrogens (tertiary/aromatic N) is 2. The second kappa shape index (κ2) is 14.9. The third-order valence-corrected chi connectivity index (χ3v) is 9.14. The molecule has 3 aromatic rings. The van der Waals surface area contributed by atoms with Crippen LogP contribution in [0, 0.1) is 13.8 Å². The van der Waals surface area contributed by atoms with E-state index in [4.69, 9.17) is 9.47 Å². The van der Waals surface area contributed by atoms with Crippen molar-refractivity contribution in [2.45, 2.75) is 71.0 Å². The highest BCUT2D eigenvalue weighted by Gasteiger charge is 2.35. The molecule has 0 aliphatic heterocycles. The van der Waals surface area contributed by atoms with Gasteiger partial charge in [-0.3, -0.25) is 13.9 Å². The van der Waals surface area contributed by atoms with E-state index >= 15 is 0 Å². The van der Waals surface area contributed by atoms with Crippen molar-refractivity contribution in [2.24, 2.45) is 0 Å². The molecular formula is C33H43N3O6S. The van der Waals surface area contributed by atoms with E-state index in [1.54, 1.807) is 24.3 Å². The van der Waals surface area contributed by atoms with Crippen molar-refractivity contribution in [1.82, 2.24) is 10.2 Å². The number of anilines is 1. The Kier molecular flexibility index (Phi) is 11.6. The summed E-state index contributed by atoms with van der Waals surface area (Å²) in [4.78, 5) is 29.3. The number of carbonyl (C=O) groups excluding carboxylic acids is 2. The number of carbonyl (C=O) groups is 2. The first-order chi connectivity index (χ1) is 20.4. The van der Waals surface area contributed by atoms with E-state index in [1.807, 2.05) is 58.9 Å². The largest absolute Gasteiger partial charge is 0.497 e. The number of sulfonamides is 1. The molecule has 3 rings (SSSR count). The predicted molar refractivity (Wildman–Crippen MR) is 169 cm³/mol. The second-order valence-electron chi connectivity index (χ2n) is 10.6. The minimum atomic E-state index is -4.26. The number of aryl methyl sites for hydroxylation is 2. The number of ether oxygens (including phenoxy) is 2. The van der Waals surface area contributed by atoms with Crippen molar-refractivity contribution in [2.75, 3.05) is 25.1 Å². The zero-order chi connectivity index (χ0) is 31.7. The zero-order valence-corrected chi connectivity index (χ0v) is 26.9. The topological polar surface area (TPSA) is 105 Å². The molecule has 0 aliphatic rings. The highest BCUT2D eigenvalue weighted by Crippen LogP contribution is 2.36. The van der Waals surface area contributed by atoms with Gasteiger partial charge in [0.1, 0.15) is 24.1 Å². The molecule has 0 aliphatic carbocycles. The van der Waals surface area contributed by atoms with Crippen molar-refractivity contribution in [3.8, 4) is 11.5 Å². The standard InChI is InChI=1S/C33H43N3O6S/c1-8-25(5)34-33(38)29(9-2)35(21-26-12-10-11-24(4)19-26)32(37)22-36(30-20-27(41-6)15-18-31(30)42-7)43(39,40)28-16-13-23(3)14-17-28/h10-20,25,29H,8-9,21-22H2,1-7H3,(H,34,38)/t25-,29+/m1/s1. The van der Waals surface area contributed by atoms with Crippen LogP contribution in [0.5, 0.6) is 11.5 Å². The van der Waals surface area contributed by atoms with Gasteiger partial charge in [0.05, 0.1) is 24.8 Å². The lowest BCUT2D eigenvalue weighted by Crippen LogP contribution is -2.53. The average molecular weight is 610 g/mol. The zero-order valence-electron chi connectivity index (χ0n) is 26.1. The Hall–Kier alpha value is -4.05. The lowest BCUT2D eigenvalue weighted by molar-refractivity contribution is -0.140. The molecule has 2 atom stereocenters. The van der Waals surface area contributed by atoms with Gasteiger partial charge in [-0.05, 0) is 63.4 Å². The number of methoxy groups -OCH3 is 2. The Balaban J connectivity index is 2.15. The summed E-state index contributed by atoms with van der Waals surface area (Å²) >= 11 is 0. The smallest absolute Gasteiger partial charge is 0.264 e. The van der Waals surface area contributed by atoms with E-state index in [0.29, 0.717) is 12.2 Å². The van der Waals surface area contributed by atoms with Crippen LogP contribution in [0.4, 0.5) is 5.69 Å². The van der Waals surface area contributed by atoms with Gasteiger partial charge in [-0.25, -0.2) is 8.42 Å². The van der Waals surface area contributed by atoms with Gasteiger partial charge in [0.15, 0.2) is 0 Å². The third-order valence-electron chi connectivity index (χ3n) is 7.36. The Morgan fingerprint density at radius 2 is 1.58 bits per heavy atom. The van der Waals surface area contributed by atoms with Gasteiger partial charge >= 0.3 is 0 Å². The normalized spacial score (nSPS) is 12.6. The summed E-state index contributed by atoms with van der Waals surface area (Å²) in [5.74, 6) is -0.183. The fourth-order valence-corrected chi connectivity index (χ4v) is 6.13. The van der Waals surface area contributed by atoms with Crippen LogP contribution in [0.1, 0.15) is 50.3 Å². The highest BCUT2D eigenvalue weighted by molar-refractivity contribution is 7.92. The van der Waals surface area contributed by atoms with Crippen LogP contribution < -0.4 is 19.1 Å². The molecule has 0 unspecified atom stereocenters. The molecule has 0 aromatic heterocycles. The van der Waals surface area contributed by atoms with Crippen LogP contribution in [0.25, 0.3) is 0 Å². The molecule has 0 fully saturated rings. The van der Waals surface area contributed by atoms with E-state index < -0.39 is 28.5 Å². The van der Waals surface area contributed by atoms with E-state index in [-0.39, 0.29) is 34.8 Å². The van der Waals surface area contributed by atoms with Crippen molar-refractivity contribution < 1.29 is 27.5 Å². The van der Waals surface area contributed by atoms with Crippen LogP contribution in [-0.4, -0.2) is 58.0 Å². The van der Waals surface area contributed by atoms with Crippen molar-refractivity contribution in [3.05, 3.63) is 83.4 Å². The molecule has 0 saturated carbocycles. The first kappa shape index (κ1) is 33.5. The first-order valence-electron chi connectivity index (χ1n) is 14.4. The maximum absolute atomic E-state index is 14.3. The van der Waals surface area contributed by atoms with Crippen molar-refractivity contribution >= 4 is 27.5 Å². The summed E-state index contributed by atoms with van der Waals surface area (Å²) in [5.41, 5.74) is 2.87. The Labute approximate surface area is 255 Å². The summed E-state index contributed by atoms with van der Waals surface area (Å²) < 4.78 is 40.4. The minimum absolute atomic E-state index is 0.0163. The predicted octanol–water partition coefficient (Wildman–Crippen LogP) is 5.24. The molecule has 0 saturated heterocycles. The minimum Gasteiger partial charge on any atom is -0.497 e. The fourth-order valence-electron chi connectivity index (χ4n) is 4.71. The monoisotopic (exact) mass is 609 g/mol. The maximum Gasteiger partial charge on any atom is 0.264 e. The molecule has 232 valence electrons. The Morgan fingerprint density at radius 3 is 2.16 bits per heavy atom. The van der Waals surface area contributed by atoms with Gasteiger partial charge in [0, 0.05) is 18.7 Å². The lowest BCUT2D eigenvalue weighted by atomic mass is 10.1. The van der Waals surface area contributed by atoms with Crippen molar-refractivity contribution in [3.63, 3.8) is 0 Å². The lowest BCUT2D eigenvalue weighted by Gasteiger charge is -2.34. The number of hydrogen-bond donors (Lipinski definition) is 1. The van der Waals surface area contributed by atoms with Crippen LogP contribution >= 0.6 is 0 Å². The fraction of sp³-hybridized carbons (Fsp3) is 0.394. The summed E-state index contributed by atoms with van der Waals surface area (Å²) in [5, 5.41) is 2.99. The molecule has 1 N–H and O–H groups in total. The molecule has 0 bridgehead atoms. The molecule has 0 spiro atoms. The number of nitrogens with one attached hydrogen (secondary N) is 1. The Morgan fingerprint density at radius 1 is 0.884 bits per heavy atom. The summed E-state index contributed by atoms with van der Waals surface area (Å²) in [6, 6.07) is 18.0. The van der Waals surface area contributed by atoms with Gasteiger partial charge < -0.3 is 19.7 Å². The van der Waals surface area contributed by atoms with Gasteiger partial charge in [0.2, 0.25) is 11.8 Å². The molecule has 43 heavy (non-hydrogen) atoms. The number of hydrogen-bond acceptors (Lipinski definition) is 6. The second-order valence-corrected chi connectivity index (χ2v) is 12.5. The van der Waals surface area contributed by atoms with Crippen molar-refractivity contribution in [1.29, 1.82) is 0 Å². The van der Waals surface area contributed by atoms with Crippen LogP contribution in [0.2, 0.25) is 0 Å². The first-order valence-corrected chi connectivity index (χ1v) is 15.9. The van der Waals surface area contributed by atoms with E-state index in [1.165, 1.54) is 37.3 Å². The highest BCUT2D eigenvalue weighted by atomic mass is 32.2. The third kappa shape index (κ3) is 8.28.